The van der Waals surface area contributed by atoms with Gasteiger partial charge in [-0.2, -0.15) is 4.98 Å². The highest BCUT2D eigenvalue weighted by atomic mass is 16.5. The molecule has 1 N–H and O–H groups in total. The summed E-state index contributed by atoms with van der Waals surface area (Å²) in [6, 6.07) is -0.458. The van der Waals surface area contributed by atoms with Crippen LogP contribution < -0.4 is 5.32 Å². The van der Waals surface area contributed by atoms with Crippen molar-refractivity contribution in [3.05, 3.63) is 11.7 Å². The van der Waals surface area contributed by atoms with Gasteiger partial charge in [-0.15, -0.1) is 0 Å². The fourth-order valence-electron chi connectivity index (χ4n) is 1.74. The minimum atomic E-state index is -0.458. The minimum Gasteiger partial charge on any atom is -0.343 e. The summed E-state index contributed by atoms with van der Waals surface area (Å²) in [7, 11) is 0. The summed E-state index contributed by atoms with van der Waals surface area (Å²) in [6.07, 6.45) is 0.465. The maximum Gasteiger partial charge on any atom is 0.245 e. The van der Waals surface area contributed by atoms with Crippen LogP contribution in [-0.4, -0.2) is 46.0 Å². The monoisotopic (exact) mass is 238 g/mol. The number of aromatic nitrogens is 2. The van der Waals surface area contributed by atoms with Gasteiger partial charge in [0.05, 0.1) is 6.54 Å². The second kappa shape index (κ2) is 4.52. The molecular weight excluding hydrogens is 224 g/mol. The summed E-state index contributed by atoms with van der Waals surface area (Å²) in [5.41, 5.74) is 0. The van der Waals surface area contributed by atoms with E-state index >= 15 is 0 Å². The van der Waals surface area contributed by atoms with Crippen molar-refractivity contribution < 1.29 is 14.1 Å². The van der Waals surface area contributed by atoms with Crippen molar-refractivity contribution in [1.29, 1.82) is 0 Å². The Bertz CT molecular complexity index is 443. The van der Waals surface area contributed by atoms with Crippen LogP contribution in [0, 0.1) is 6.92 Å². The summed E-state index contributed by atoms with van der Waals surface area (Å²) < 4.78 is 4.94. The number of carbonyl (C=O) groups is 2. The Balaban J connectivity index is 1.94. The van der Waals surface area contributed by atoms with Gasteiger partial charge < -0.3 is 14.7 Å². The number of rotatable bonds is 3. The van der Waals surface area contributed by atoms with E-state index in [9.17, 15) is 9.59 Å². The molecule has 17 heavy (non-hydrogen) atoms. The van der Waals surface area contributed by atoms with Crippen LogP contribution in [0.4, 0.5) is 0 Å². The second-order valence-electron chi connectivity index (χ2n) is 4.03. The van der Waals surface area contributed by atoms with Crippen molar-refractivity contribution >= 4 is 11.8 Å². The average Bonchev–Trinajstić information content (AvgIpc) is 2.67. The zero-order valence-electron chi connectivity index (χ0n) is 9.77. The second-order valence-corrected chi connectivity index (χ2v) is 4.03. The van der Waals surface area contributed by atoms with Gasteiger partial charge in [-0.1, -0.05) is 5.16 Å². The maximum atomic E-state index is 11.7. The van der Waals surface area contributed by atoms with Gasteiger partial charge in [0.2, 0.25) is 17.7 Å². The molecule has 1 atom stereocenters. The highest BCUT2D eigenvalue weighted by molar-refractivity contribution is 5.94. The Hall–Kier alpha value is -1.92. The third kappa shape index (κ3) is 2.61. The highest BCUT2D eigenvalue weighted by Crippen LogP contribution is 2.04. The smallest absolute Gasteiger partial charge is 0.245 e. The van der Waals surface area contributed by atoms with Crippen molar-refractivity contribution in [2.45, 2.75) is 26.3 Å². The molecule has 1 saturated heterocycles. The van der Waals surface area contributed by atoms with E-state index in [0.29, 0.717) is 24.7 Å². The molecule has 1 aromatic rings. The molecule has 1 unspecified atom stereocenters. The van der Waals surface area contributed by atoms with Crippen LogP contribution in [0.5, 0.6) is 0 Å². The van der Waals surface area contributed by atoms with Crippen molar-refractivity contribution in [1.82, 2.24) is 20.4 Å². The lowest BCUT2D eigenvalue weighted by Crippen LogP contribution is -2.57. The maximum absolute atomic E-state index is 11.7. The number of aryl methyl sites for hydroxylation is 1. The van der Waals surface area contributed by atoms with Gasteiger partial charge in [-0.3, -0.25) is 9.59 Å². The Morgan fingerprint density at radius 1 is 1.53 bits per heavy atom. The molecule has 0 aromatic carbocycles. The lowest BCUT2D eigenvalue weighted by molar-refractivity contribution is -0.143. The zero-order valence-corrected chi connectivity index (χ0v) is 9.77. The topological polar surface area (TPSA) is 88.3 Å². The number of piperazine rings is 1. The minimum absolute atomic E-state index is 0.0826. The van der Waals surface area contributed by atoms with Crippen LogP contribution in [0.3, 0.4) is 0 Å². The summed E-state index contributed by atoms with van der Waals surface area (Å²) in [6.45, 7) is 3.91. The van der Waals surface area contributed by atoms with Crippen LogP contribution in [0.1, 0.15) is 18.6 Å². The van der Waals surface area contributed by atoms with Gasteiger partial charge in [-0.05, 0) is 13.8 Å². The SMILES string of the molecule is Cc1noc(CCN2CC(=O)NC(C)C2=O)n1. The van der Waals surface area contributed by atoms with Crippen molar-refractivity contribution in [2.75, 3.05) is 13.1 Å². The number of hydrogen-bond acceptors (Lipinski definition) is 5. The third-order valence-electron chi connectivity index (χ3n) is 2.56. The molecule has 1 aliphatic heterocycles. The van der Waals surface area contributed by atoms with E-state index in [1.165, 1.54) is 4.90 Å². The molecule has 2 heterocycles. The molecule has 0 radical (unpaired) electrons. The predicted octanol–water partition coefficient (Wildman–Crippen LogP) is -0.733. The Morgan fingerprint density at radius 2 is 2.29 bits per heavy atom. The summed E-state index contributed by atoms with van der Waals surface area (Å²) in [4.78, 5) is 28.6. The average molecular weight is 238 g/mol. The Morgan fingerprint density at radius 3 is 2.94 bits per heavy atom. The molecule has 92 valence electrons. The number of hydrogen-bond donors (Lipinski definition) is 1. The van der Waals surface area contributed by atoms with E-state index in [4.69, 9.17) is 4.52 Å². The van der Waals surface area contributed by atoms with Crippen molar-refractivity contribution in [3.8, 4) is 0 Å². The molecule has 2 amide bonds. The number of amides is 2. The number of nitrogens with one attached hydrogen (secondary N) is 1. The molecule has 7 heteroatoms. The fourth-order valence-corrected chi connectivity index (χ4v) is 1.74. The summed E-state index contributed by atoms with van der Waals surface area (Å²) >= 11 is 0. The standard InChI is InChI=1S/C10H14N4O3/c1-6-10(16)14(5-8(15)11-6)4-3-9-12-7(2)13-17-9/h6H,3-5H2,1-2H3,(H,11,15). The van der Waals surface area contributed by atoms with Gasteiger partial charge in [-0.25, -0.2) is 0 Å². The molecule has 0 aliphatic carbocycles. The lowest BCUT2D eigenvalue weighted by Gasteiger charge is -2.30. The molecule has 1 fully saturated rings. The molecule has 2 rings (SSSR count). The number of carbonyl (C=O) groups excluding carboxylic acids is 2. The lowest BCUT2D eigenvalue weighted by atomic mass is 10.2. The largest absolute Gasteiger partial charge is 0.343 e. The van der Waals surface area contributed by atoms with Gasteiger partial charge >= 0.3 is 0 Å². The van der Waals surface area contributed by atoms with E-state index < -0.39 is 6.04 Å². The number of nitrogens with zero attached hydrogens (tertiary/aromatic N) is 3. The predicted molar refractivity (Wildman–Crippen MR) is 56.9 cm³/mol. The first kappa shape index (κ1) is 11.6. The van der Waals surface area contributed by atoms with E-state index in [1.807, 2.05) is 0 Å². The molecule has 7 nitrogen and oxygen atoms in total. The zero-order chi connectivity index (χ0) is 12.4. The van der Waals surface area contributed by atoms with Gasteiger partial charge in [0.15, 0.2) is 5.82 Å². The van der Waals surface area contributed by atoms with E-state index in [1.54, 1.807) is 13.8 Å². The molecule has 0 spiro atoms. The van der Waals surface area contributed by atoms with Gasteiger partial charge in [0, 0.05) is 13.0 Å². The first-order valence-corrected chi connectivity index (χ1v) is 5.43. The molecule has 0 bridgehead atoms. The Kier molecular flexibility index (Phi) is 3.08. The van der Waals surface area contributed by atoms with E-state index in [2.05, 4.69) is 15.5 Å². The van der Waals surface area contributed by atoms with Crippen LogP contribution in [0.15, 0.2) is 4.52 Å². The van der Waals surface area contributed by atoms with Crippen LogP contribution in [0.25, 0.3) is 0 Å². The first-order valence-electron chi connectivity index (χ1n) is 5.43. The van der Waals surface area contributed by atoms with Crippen LogP contribution in [-0.2, 0) is 16.0 Å². The van der Waals surface area contributed by atoms with Crippen molar-refractivity contribution in [2.24, 2.45) is 0 Å². The molecule has 1 aromatic heterocycles. The van der Waals surface area contributed by atoms with E-state index in [0.717, 1.165) is 0 Å². The Labute approximate surface area is 98.2 Å². The highest BCUT2D eigenvalue weighted by Gasteiger charge is 2.29. The van der Waals surface area contributed by atoms with Gasteiger partial charge in [0.25, 0.3) is 0 Å². The first-order chi connectivity index (χ1) is 8.06. The van der Waals surface area contributed by atoms with E-state index in [-0.39, 0.29) is 18.4 Å². The van der Waals surface area contributed by atoms with Crippen LogP contribution >= 0.6 is 0 Å². The molecule has 1 aliphatic rings. The fraction of sp³-hybridized carbons (Fsp3) is 0.600. The molecular formula is C10H14N4O3. The summed E-state index contributed by atoms with van der Waals surface area (Å²) in [5.74, 6) is 0.824. The third-order valence-corrected chi connectivity index (χ3v) is 2.56. The summed E-state index contributed by atoms with van der Waals surface area (Å²) in [5, 5.41) is 6.24. The normalized spacial score (nSPS) is 20.6. The van der Waals surface area contributed by atoms with Crippen LogP contribution in [0.2, 0.25) is 0 Å². The van der Waals surface area contributed by atoms with Gasteiger partial charge in [0.1, 0.15) is 6.04 Å². The quantitative estimate of drug-likeness (QED) is 0.749. The molecule has 0 saturated carbocycles. The van der Waals surface area contributed by atoms with Crippen molar-refractivity contribution in [3.63, 3.8) is 0 Å².